The lowest BCUT2D eigenvalue weighted by atomic mass is 10.1. The molecule has 0 aliphatic rings. The lowest BCUT2D eigenvalue weighted by Crippen LogP contribution is -2.27. The van der Waals surface area contributed by atoms with E-state index < -0.39 is 0 Å². The molecule has 0 N–H and O–H groups in total. The number of ketones is 1. The van der Waals surface area contributed by atoms with Crippen molar-refractivity contribution in [2.45, 2.75) is 13.8 Å². The first kappa shape index (κ1) is 21.5. The first-order chi connectivity index (χ1) is 13.3. The van der Waals surface area contributed by atoms with Gasteiger partial charge < -0.3 is 14.4 Å². The van der Waals surface area contributed by atoms with E-state index in [1.54, 1.807) is 44.4 Å². The molecular formula is C22H24ClNO4. The van der Waals surface area contributed by atoms with Gasteiger partial charge in [0.25, 0.3) is 5.91 Å². The summed E-state index contributed by atoms with van der Waals surface area (Å²) in [7, 11) is 3.30. The van der Waals surface area contributed by atoms with Crippen molar-refractivity contribution in [1.29, 1.82) is 0 Å². The van der Waals surface area contributed by atoms with Gasteiger partial charge in [-0.05, 0) is 37.6 Å². The Bertz CT molecular complexity index is 873. The number of rotatable bonds is 8. The smallest absolute Gasteiger partial charge is 0.259 e. The summed E-state index contributed by atoms with van der Waals surface area (Å²) in [4.78, 5) is 25.5. The van der Waals surface area contributed by atoms with Crippen molar-refractivity contribution >= 4 is 29.4 Å². The highest BCUT2D eigenvalue weighted by atomic mass is 35.5. The molecule has 6 heteroatoms. The van der Waals surface area contributed by atoms with E-state index in [1.165, 1.54) is 11.0 Å². The highest BCUT2D eigenvalue weighted by Gasteiger charge is 2.14. The molecule has 0 unspecified atom stereocenters. The van der Waals surface area contributed by atoms with Gasteiger partial charge in [0.2, 0.25) is 0 Å². The second kappa shape index (κ2) is 9.95. The van der Waals surface area contributed by atoms with E-state index in [2.05, 4.69) is 0 Å². The third-order valence-electron chi connectivity index (χ3n) is 3.93. The fourth-order valence-corrected chi connectivity index (χ4v) is 2.61. The van der Waals surface area contributed by atoms with Crippen LogP contribution in [-0.4, -0.2) is 43.9 Å². The summed E-state index contributed by atoms with van der Waals surface area (Å²) in [6, 6.07) is 10.8. The van der Waals surface area contributed by atoms with Crippen LogP contribution in [0.3, 0.4) is 0 Å². The van der Waals surface area contributed by atoms with Crippen LogP contribution in [0, 0.1) is 6.92 Å². The molecular weight excluding hydrogens is 378 g/mol. The Labute approximate surface area is 170 Å². The van der Waals surface area contributed by atoms with E-state index in [0.717, 1.165) is 5.56 Å². The van der Waals surface area contributed by atoms with Gasteiger partial charge in [0.05, 0.1) is 11.6 Å². The Morgan fingerprint density at radius 2 is 1.79 bits per heavy atom. The van der Waals surface area contributed by atoms with Gasteiger partial charge in [-0.1, -0.05) is 47.5 Å². The van der Waals surface area contributed by atoms with Crippen molar-refractivity contribution in [3.63, 3.8) is 0 Å². The number of hydrogen-bond acceptors (Lipinski definition) is 4. The minimum absolute atomic E-state index is 0.106. The molecule has 0 saturated carbocycles. The van der Waals surface area contributed by atoms with Crippen LogP contribution in [0.2, 0.25) is 5.02 Å². The first-order valence-corrected chi connectivity index (χ1v) is 9.28. The number of halogens is 1. The summed E-state index contributed by atoms with van der Waals surface area (Å²) in [5.74, 6) is 0.432. The van der Waals surface area contributed by atoms with Gasteiger partial charge in [0.15, 0.2) is 23.9 Å². The van der Waals surface area contributed by atoms with E-state index in [4.69, 9.17) is 21.1 Å². The molecule has 28 heavy (non-hydrogen) atoms. The molecule has 0 aliphatic heterocycles. The lowest BCUT2D eigenvalue weighted by Gasteiger charge is -2.16. The largest absolute Gasteiger partial charge is 0.490 e. The molecule has 1 amide bonds. The van der Waals surface area contributed by atoms with Crippen molar-refractivity contribution in [1.82, 2.24) is 4.90 Å². The van der Waals surface area contributed by atoms with Crippen molar-refractivity contribution < 1.29 is 19.1 Å². The standard InChI is InChI=1S/C22H24ClNO4/c1-5-27-20-13-16(8-11-19(25)17-9-6-15(2)7-10-17)12-18(23)22(20)28-14-21(26)24(3)4/h6-13H,5,14H2,1-4H3/b11-8+. The zero-order valence-electron chi connectivity index (χ0n) is 16.5. The average molecular weight is 402 g/mol. The van der Waals surface area contributed by atoms with Gasteiger partial charge >= 0.3 is 0 Å². The van der Waals surface area contributed by atoms with Crippen LogP contribution in [0.5, 0.6) is 11.5 Å². The van der Waals surface area contributed by atoms with Gasteiger partial charge in [-0.15, -0.1) is 0 Å². The summed E-state index contributed by atoms with van der Waals surface area (Å²) in [6.45, 7) is 4.07. The maximum Gasteiger partial charge on any atom is 0.259 e. The summed E-state index contributed by atoms with van der Waals surface area (Å²) >= 11 is 6.33. The van der Waals surface area contributed by atoms with Gasteiger partial charge in [-0.25, -0.2) is 0 Å². The minimum atomic E-state index is -0.189. The highest BCUT2D eigenvalue weighted by molar-refractivity contribution is 6.32. The van der Waals surface area contributed by atoms with E-state index in [0.29, 0.717) is 34.3 Å². The first-order valence-electron chi connectivity index (χ1n) is 8.90. The van der Waals surface area contributed by atoms with Crippen LogP contribution >= 0.6 is 11.6 Å². The second-order valence-electron chi connectivity index (χ2n) is 6.40. The quantitative estimate of drug-likeness (QED) is 0.485. The Kier molecular flexibility index (Phi) is 7.64. The van der Waals surface area contributed by atoms with Gasteiger partial charge in [-0.2, -0.15) is 0 Å². The number of benzene rings is 2. The predicted octanol–water partition coefficient (Wildman–Crippen LogP) is 4.41. The Balaban J connectivity index is 2.22. The van der Waals surface area contributed by atoms with Crippen LogP contribution in [0.1, 0.15) is 28.4 Å². The maximum atomic E-state index is 12.3. The molecule has 2 rings (SSSR count). The highest BCUT2D eigenvalue weighted by Crippen LogP contribution is 2.37. The molecule has 0 atom stereocenters. The summed E-state index contributed by atoms with van der Waals surface area (Å²) < 4.78 is 11.2. The third-order valence-corrected chi connectivity index (χ3v) is 4.21. The molecule has 148 valence electrons. The van der Waals surface area contributed by atoms with E-state index in [-0.39, 0.29) is 18.3 Å². The third kappa shape index (κ3) is 5.86. The van der Waals surface area contributed by atoms with Crippen LogP contribution in [0.15, 0.2) is 42.5 Å². The molecule has 5 nitrogen and oxygen atoms in total. The molecule has 0 spiro atoms. The predicted molar refractivity (Wildman–Crippen MR) is 111 cm³/mol. The van der Waals surface area contributed by atoms with Crippen molar-refractivity contribution in [3.05, 3.63) is 64.2 Å². The molecule has 0 radical (unpaired) electrons. The zero-order chi connectivity index (χ0) is 20.7. The molecule has 0 fully saturated rings. The fraction of sp³-hybridized carbons (Fsp3) is 0.273. The zero-order valence-corrected chi connectivity index (χ0v) is 17.2. The van der Waals surface area contributed by atoms with Crippen LogP contribution in [0.25, 0.3) is 6.08 Å². The monoisotopic (exact) mass is 401 g/mol. The van der Waals surface area contributed by atoms with Gasteiger partial charge in [0.1, 0.15) is 0 Å². The van der Waals surface area contributed by atoms with Crippen LogP contribution in [-0.2, 0) is 4.79 Å². The summed E-state index contributed by atoms with van der Waals surface area (Å²) in [5, 5.41) is 0.306. The van der Waals surface area contributed by atoms with E-state index in [1.807, 2.05) is 26.0 Å². The van der Waals surface area contributed by atoms with Crippen molar-refractivity contribution in [2.24, 2.45) is 0 Å². The SMILES string of the molecule is CCOc1cc(/C=C/C(=O)c2ccc(C)cc2)cc(Cl)c1OCC(=O)N(C)C. The van der Waals surface area contributed by atoms with Crippen molar-refractivity contribution in [3.8, 4) is 11.5 Å². The number of nitrogens with zero attached hydrogens (tertiary/aromatic N) is 1. The van der Waals surface area contributed by atoms with E-state index >= 15 is 0 Å². The van der Waals surface area contributed by atoms with Crippen LogP contribution < -0.4 is 9.47 Å². The maximum absolute atomic E-state index is 12.3. The second-order valence-corrected chi connectivity index (χ2v) is 6.81. The molecule has 2 aromatic carbocycles. The Morgan fingerprint density at radius 1 is 1.11 bits per heavy atom. The number of aryl methyl sites for hydroxylation is 1. The number of allylic oxidation sites excluding steroid dienone is 1. The number of ether oxygens (including phenoxy) is 2. The molecule has 0 aliphatic carbocycles. The number of likely N-dealkylation sites (N-methyl/N-ethyl adjacent to an activating group) is 1. The molecule has 0 saturated heterocycles. The number of carbonyl (C=O) groups is 2. The fourth-order valence-electron chi connectivity index (χ4n) is 2.34. The number of carbonyl (C=O) groups excluding carboxylic acids is 2. The number of amides is 1. The Morgan fingerprint density at radius 3 is 2.39 bits per heavy atom. The normalized spacial score (nSPS) is 10.8. The van der Waals surface area contributed by atoms with Gasteiger partial charge in [0, 0.05) is 19.7 Å². The minimum Gasteiger partial charge on any atom is -0.490 e. The summed E-state index contributed by atoms with van der Waals surface area (Å²) in [6.07, 6.45) is 3.16. The molecule has 2 aromatic rings. The average Bonchev–Trinajstić information content (AvgIpc) is 2.66. The van der Waals surface area contributed by atoms with Crippen molar-refractivity contribution in [2.75, 3.05) is 27.3 Å². The molecule has 0 bridgehead atoms. The van der Waals surface area contributed by atoms with E-state index in [9.17, 15) is 9.59 Å². The van der Waals surface area contributed by atoms with Crippen LogP contribution in [0.4, 0.5) is 0 Å². The Hall–Kier alpha value is -2.79. The van der Waals surface area contributed by atoms with Gasteiger partial charge in [-0.3, -0.25) is 9.59 Å². The molecule has 0 aromatic heterocycles. The topological polar surface area (TPSA) is 55.8 Å². The molecule has 0 heterocycles. The lowest BCUT2D eigenvalue weighted by molar-refractivity contribution is -0.130. The number of hydrogen-bond donors (Lipinski definition) is 0. The summed E-state index contributed by atoms with van der Waals surface area (Å²) in [5.41, 5.74) is 2.40.